The Kier molecular flexibility index (Phi) is 5.35. The van der Waals surface area contributed by atoms with Crippen molar-refractivity contribution in [1.82, 2.24) is 4.90 Å². The number of amides is 1. The summed E-state index contributed by atoms with van der Waals surface area (Å²) in [5, 5.41) is 12.1. The van der Waals surface area contributed by atoms with Crippen molar-refractivity contribution in [3.8, 4) is 11.5 Å². The fourth-order valence-electron chi connectivity index (χ4n) is 3.25. The van der Waals surface area contributed by atoms with Crippen LogP contribution in [0, 0.1) is 0 Å². The predicted molar refractivity (Wildman–Crippen MR) is 87.0 cm³/mol. The lowest BCUT2D eigenvalue weighted by Gasteiger charge is -2.34. The molecule has 23 heavy (non-hydrogen) atoms. The van der Waals surface area contributed by atoms with Crippen LogP contribution in [0.25, 0.3) is 0 Å². The number of piperidine rings is 1. The normalized spacial score (nSPS) is 21.0. The molecular weight excluding hydrogens is 296 g/mol. The summed E-state index contributed by atoms with van der Waals surface area (Å²) in [7, 11) is 0. The Bertz CT molecular complexity index is 547. The number of likely N-dealkylation sites (tertiary alicyclic amines) is 1. The number of anilines is 1. The molecule has 1 unspecified atom stereocenters. The van der Waals surface area contributed by atoms with Gasteiger partial charge in [0.1, 0.15) is 13.2 Å². The van der Waals surface area contributed by atoms with Gasteiger partial charge in [0.25, 0.3) is 0 Å². The quantitative estimate of drug-likeness (QED) is 0.863. The molecule has 0 aromatic heterocycles. The predicted octanol–water partition coefficient (Wildman–Crippen LogP) is 1.63. The van der Waals surface area contributed by atoms with Crippen molar-refractivity contribution < 1.29 is 19.4 Å². The van der Waals surface area contributed by atoms with Crippen molar-refractivity contribution in [2.24, 2.45) is 0 Å². The maximum atomic E-state index is 12.3. The number of aliphatic hydroxyl groups is 1. The molecule has 1 atom stereocenters. The molecule has 2 aliphatic rings. The topological polar surface area (TPSA) is 71.0 Å². The molecule has 126 valence electrons. The highest BCUT2D eigenvalue weighted by molar-refractivity contribution is 5.92. The van der Waals surface area contributed by atoms with E-state index in [0.29, 0.717) is 37.3 Å². The molecule has 1 aromatic rings. The van der Waals surface area contributed by atoms with Crippen LogP contribution < -0.4 is 14.8 Å². The highest BCUT2D eigenvalue weighted by Crippen LogP contribution is 2.32. The molecular formula is C17H24N2O4. The molecule has 1 fully saturated rings. The molecule has 2 aliphatic heterocycles. The van der Waals surface area contributed by atoms with Crippen LogP contribution in [-0.4, -0.2) is 54.9 Å². The maximum Gasteiger partial charge on any atom is 0.238 e. The van der Waals surface area contributed by atoms with Gasteiger partial charge in [0.05, 0.1) is 6.54 Å². The molecule has 0 aliphatic carbocycles. The van der Waals surface area contributed by atoms with E-state index < -0.39 is 0 Å². The van der Waals surface area contributed by atoms with E-state index in [0.717, 1.165) is 31.5 Å². The number of hydrogen-bond acceptors (Lipinski definition) is 5. The van der Waals surface area contributed by atoms with Crippen molar-refractivity contribution in [2.45, 2.75) is 31.7 Å². The number of benzene rings is 1. The van der Waals surface area contributed by atoms with Crippen molar-refractivity contribution >= 4 is 11.6 Å². The summed E-state index contributed by atoms with van der Waals surface area (Å²) in [5.74, 6) is 1.35. The first-order chi connectivity index (χ1) is 11.3. The second-order valence-corrected chi connectivity index (χ2v) is 6.04. The Morgan fingerprint density at radius 2 is 2.09 bits per heavy atom. The molecule has 6 heteroatoms. The number of ether oxygens (including phenoxy) is 2. The fourth-order valence-corrected chi connectivity index (χ4v) is 3.25. The highest BCUT2D eigenvalue weighted by atomic mass is 16.6. The van der Waals surface area contributed by atoms with Gasteiger partial charge in [0, 0.05) is 24.4 Å². The summed E-state index contributed by atoms with van der Waals surface area (Å²) >= 11 is 0. The molecule has 0 bridgehead atoms. The first-order valence-electron chi connectivity index (χ1n) is 8.30. The molecule has 0 saturated carbocycles. The summed E-state index contributed by atoms with van der Waals surface area (Å²) in [5.41, 5.74) is 0.718. The minimum absolute atomic E-state index is 0.0356. The summed E-state index contributed by atoms with van der Waals surface area (Å²) < 4.78 is 11.0. The Morgan fingerprint density at radius 3 is 2.91 bits per heavy atom. The van der Waals surface area contributed by atoms with Crippen LogP contribution in [-0.2, 0) is 4.79 Å². The molecule has 3 rings (SSSR count). The van der Waals surface area contributed by atoms with Crippen LogP contribution in [0.3, 0.4) is 0 Å². The third-order valence-corrected chi connectivity index (χ3v) is 4.38. The zero-order valence-corrected chi connectivity index (χ0v) is 13.3. The standard InChI is InChI=1S/C17H24N2O4/c20-8-6-14-3-1-2-7-19(14)12-17(21)18-13-4-5-15-16(11-13)23-10-9-22-15/h4-5,11,14,20H,1-3,6-10,12H2,(H,18,21). The van der Waals surface area contributed by atoms with Crippen molar-refractivity contribution in [3.05, 3.63) is 18.2 Å². The second-order valence-electron chi connectivity index (χ2n) is 6.04. The lowest BCUT2D eigenvalue weighted by Crippen LogP contribution is -2.44. The van der Waals surface area contributed by atoms with Gasteiger partial charge >= 0.3 is 0 Å². The van der Waals surface area contributed by atoms with Gasteiger partial charge in [-0.15, -0.1) is 0 Å². The van der Waals surface area contributed by atoms with Crippen LogP contribution in [0.4, 0.5) is 5.69 Å². The zero-order chi connectivity index (χ0) is 16.1. The first kappa shape index (κ1) is 16.1. The van der Waals surface area contributed by atoms with Crippen molar-refractivity contribution in [2.75, 3.05) is 38.2 Å². The largest absolute Gasteiger partial charge is 0.486 e. The van der Waals surface area contributed by atoms with Crippen molar-refractivity contribution in [1.29, 1.82) is 0 Å². The number of carbonyl (C=O) groups is 1. The van der Waals surface area contributed by atoms with E-state index in [2.05, 4.69) is 10.2 Å². The average Bonchev–Trinajstić information content (AvgIpc) is 2.57. The van der Waals surface area contributed by atoms with Gasteiger partial charge in [-0.2, -0.15) is 0 Å². The third-order valence-electron chi connectivity index (χ3n) is 4.38. The van der Waals surface area contributed by atoms with Gasteiger partial charge in [-0.25, -0.2) is 0 Å². The van der Waals surface area contributed by atoms with Gasteiger partial charge in [-0.3, -0.25) is 9.69 Å². The monoisotopic (exact) mass is 320 g/mol. The Hall–Kier alpha value is -1.79. The van der Waals surface area contributed by atoms with Crippen molar-refractivity contribution in [3.63, 3.8) is 0 Å². The van der Waals surface area contributed by atoms with E-state index in [4.69, 9.17) is 14.6 Å². The molecule has 2 heterocycles. The Balaban J connectivity index is 1.58. The number of hydrogen-bond donors (Lipinski definition) is 2. The highest BCUT2D eigenvalue weighted by Gasteiger charge is 2.24. The average molecular weight is 320 g/mol. The van der Waals surface area contributed by atoms with E-state index in [-0.39, 0.29) is 12.5 Å². The van der Waals surface area contributed by atoms with E-state index in [1.807, 2.05) is 12.1 Å². The smallest absolute Gasteiger partial charge is 0.238 e. The minimum atomic E-state index is -0.0356. The van der Waals surface area contributed by atoms with Crippen LogP contribution in [0.1, 0.15) is 25.7 Å². The Labute approximate surface area is 136 Å². The van der Waals surface area contributed by atoms with Gasteiger partial charge in [-0.1, -0.05) is 6.42 Å². The number of aliphatic hydroxyl groups excluding tert-OH is 1. The van der Waals surface area contributed by atoms with E-state index >= 15 is 0 Å². The van der Waals surface area contributed by atoms with Crippen LogP contribution >= 0.6 is 0 Å². The molecule has 0 radical (unpaired) electrons. The summed E-state index contributed by atoms with van der Waals surface area (Å²) in [6.45, 7) is 2.53. The SMILES string of the molecule is O=C(CN1CCCCC1CCO)Nc1ccc2c(c1)OCCO2. The summed E-state index contributed by atoms with van der Waals surface area (Å²) in [6.07, 6.45) is 4.07. The Morgan fingerprint density at radius 1 is 1.26 bits per heavy atom. The second kappa shape index (κ2) is 7.66. The molecule has 1 aromatic carbocycles. The maximum absolute atomic E-state index is 12.3. The first-order valence-corrected chi connectivity index (χ1v) is 8.30. The molecule has 2 N–H and O–H groups in total. The van der Waals surface area contributed by atoms with Gasteiger partial charge in [0.2, 0.25) is 5.91 Å². The summed E-state index contributed by atoms with van der Waals surface area (Å²) in [4.78, 5) is 14.5. The van der Waals surface area contributed by atoms with Gasteiger partial charge < -0.3 is 19.9 Å². The molecule has 1 saturated heterocycles. The van der Waals surface area contributed by atoms with E-state index in [9.17, 15) is 4.79 Å². The number of fused-ring (bicyclic) bond motifs is 1. The van der Waals surface area contributed by atoms with Crippen LogP contribution in [0.2, 0.25) is 0 Å². The number of rotatable bonds is 5. The van der Waals surface area contributed by atoms with E-state index in [1.54, 1.807) is 6.07 Å². The zero-order valence-electron chi connectivity index (χ0n) is 13.3. The third kappa shape index (κ3) is 4.14. The molecule has 0 spiro atoms. The number of carbonyl (C=O) groups excluding carboxylic acids is 1. The molecule has 1 amide bonds. The minimum Gasteiger partial charge on any atom is -0.486 e. The lowest BCUT2D eigenvalue weighted by atomic mass is 10.00. The molecule has 6 nitrogen and oxygen atoms in total. The number of nitrogens with one attached hydrogen (secondary N) is 1. The van der Waals surface area contributed by atoms with Gasteiger partial charge in [-0.05, 0) is 37.9 Å². The van der Waals surface area contributed by atoms with E-state index in [1.165, 1.54) is 6.42 Å². The van der Waals surface area contributed by atoms with Crippen LogP contribution in [0.15, 0.2) is 18.2 Å². The van der Waals surface area contributed by atoms with Crippen LogP contribution in [0.5, 0.6) is 11.5 Å². The van der Waals surface area contributed by atoms with Gasteiger partial charge in [0.15, 0.2) is 11.5 Å². The fraction of sp³-hybridized carbons (Fsp3) is 0.588. The lowest BCUT2D eigenvalue weighted by molar-refractivity contribution is -0.118. The summed E-state index contributed by atoms with van der Waals surface area (Å²) in [6, 6.07) is 5.75. The number of nitrogens with zero attached hydrogens (tertiary/aromatic N) is 1.